The Bertz CT molecular complexity index is 505. The molecule has 2 atom stereocenters. The number of hydrogen-bond donors (Lipinski definition) is 1. The molecule has 0 unspecified atom stereocenters. The summed E-state index contributed by atoms with van der Waals surface area (Å²) >= 11 is 0. The van der Waals surface area contributed by atoms with Gasteiger partial charge in [-0.1, -0.05) is 0 Å². The summed E-state index contributed by atoms with van der Waals surface area (Å²) in [6, 6.07) is 0.213. The van der Waals surface area contributed by atoms with Crippen molar-refractivity contribution in [2.75, 3.05) is 44.1 Å². The summed E-state index contributed by atoms with van der Waals surface area (Å²) in [6.45, 7) is 4.28. The topological polar surface area (TPSA) is 59.5 Å². The van der Waals surface area contributed by atoms with Crippen molar-refractivity contribution < 1.29 is 9.47 Å². The van der Waals surface area contributed by atoms with E-state index < -0.39 is 0 Å². The van der Waals surface area contributed by atoms with Gasteiger partial charge in [0.1, 0.15) is 11.9 Å². The Morgan fingerprint density at radius 3 is 2.91 bits per heavy atom. The van der Waals surface area contributed by atoms with E-state index in [0.717, 1.165) is 36.9 Å². The number of rotatable bonds is 6. The fraction of sp³-hybridized carbons (Fsp3) is 0.750. The lowest BCUT2D eigenvalue weighted by molar-refractivity contribution is -0.0598. The van der Waals surface area contributed by atoms with Gasteiger partial charge in [0, 0.05) is 39.1 Å². The predicted octanol–water partition coefficient (Wildman–Crippen LogP) is 1.85. The van der Waals surface area contributed by atoms with Crippen LogP contribution >= 0.6 is 0 Å². The Morgan fingerprint density at radius 2 is 2.18 bits per heavy atom. The van der Waals surface area contributed by atoms with E-state index in [1.807, 2.05) is 32.1 Å². The number of nitrogens with one attached hydrogen (secondary N) is 1. The monoisotopic (exact) mass is 306 g/mol. The second kappa shape index (κ2) is 6.79. The Morgan fingerprint density at radius 1 is 1.36 bits per heavy atom. The molecule has 0 spiro atoms. The maximum absolute atomic E-state index is 6.04. The molecule has 1 saturated carbocycles. The Labute approximate surface area is 132 Å². The molecule has 1 aromatic heterocycles. The Kier molecular flexibility index (Phi) is 4.78. The fourth-order valence-electron chi connectivity index (χ4n) is 2.71. The van der Waals surface area contributed by atoms with Gasteiger partial charge in [-0.3, -0.25) is 0 Å². The summed E-state index contributed by atoms with van der Waals surface area (Å²) in [5.41, 5.74) is 1.07. The zero-order valence-electron chi connectivity index (χ0n) is 13.7. The Hall–Kier alpha value is -1.40. The van der Waals surface area contributed by atoms with Gasteiger partial charge in [0.05, 0.1) is 12.6 Å². The van der Waals surface area contributed by atoms with Gasteiger partial charge >= 0.3 is 0 Å². The van der Waals surface area contributed by atoms with Crippen LogP contribution in [0.2, 0.25) is 0 Å². The van der Waals surface area contributed by atoms with Crippen molar-refractivity contribution in [2.24, 2.45) is 5.92 Å². The third-order valence-corrected chi connectivity index (χ3v) is 4.23. The van der Waals surface area contributed by atoms with Gasteiger partial charge in [0.15, 0.2) is 0 Å². The van der Waals surface area contributed by atoms with E-state index in [2.05, 4.69) is 15.3 Å². The second-order valence-electron chi connectivity index (χ2n) is 6.52. The van der Waals surface area contributed by atoms with Crippen molar-refractivity contribution in [2.45, 2.75) is 38.3 Å². The summed E-state index contributed by atoms with van der Waals surface area (Å²) in [5, 5.41) is 3.44. The van der Waals surface area contributed by atoms with Crippen LogP contribution < -0.4 is 10.2 Å². The first-order valence-corrected chi connectivity index (χ1v) is 8.10. The van der Waals surface area contributed by atoms with E-state index in [1.54, 1.807) is 0 Å². The maximum atomic E-state index is 6.04. The minimum atomic E-state index is 0.0852. The highest BCUT2D eigenvalue weighted by molar-refractivity contribution is 5.47. The van der Waals surface area contributed by atoms with Gasteiger partial charge in [-0.25, -0.2) is 4.98 Å². The Balaban J connectivity index is 1.65. The largest absolute Gasteiger partial charge is 0.379 e. The highest BCUT2D eigenvalue weighted by Gasteiger charge is 2.30. The number of ether oxygens (including phenoxy) is 2. The van der Waals surface area contributed by atoms with Crippen molar-refractivity contribution in [3.8, 4) is 0 Å². The zero-order chi connectivity index (χ0) is 15.5. The smallest absolute Gasteiger partial charge is 0.224 e. The lowest BCUT2D eigenvalue weighted by Crippen LogP contribution is -2.44. The SMILES string of the molecule is Cc1cnc(N[C@@H]2CCOC[C@H]2OCC2CC2)nc1N(C)C. The minimum absolute atomic E-state index is 0.0852. The van der Waals surface area contributed by atoms with Crippen LogP contribution in [0.1, 0.15) is 24.8 Å². The maximum Gasteiger partial charge on any atom is 0.224 e. The molecule has 1 aliphatic heterocycles. The molecule has 3 rings (SSSR count). The molecule has 0 radical (unpaired) electrons. The highest BCUT2D eigenvalue weighted by atomic mass is 16.5. The van der Waals surface area contributed by atoms with Crippen LogP contribution in [-0.4, -0.2) is 56.0 Å². The standard InChI is InChI=1S/C16H26N4O2/c1-11-8-17-16(19-15(11)20(2)3)18-13-6-7-21-10-14(13)22-9-12-4-5-12/h8,12-14H,4-7,9-10H2,1-3H3,(H,17,18,19)/t13-,14-/m1/s1. The van der Waals surface area contributed by atoms with Crippen LogP contribution in [0.3, 0.4) is 0 Å². The number of hydrogen-bond acceptors (Lipinski definition) is 6. The molecule has 6 heteroatoms. The van der Waals surface area contributed by atoms with E-state index in [0.29, 0.717) is 12.6 Å². The molecule has 0 amide bonds. The molecule has 1 aromatic rings. The summed E-state index contributed by atoms with van der Waals surface area (Å²) in [5.74, 6) is 2.37. The average Bonchev–Trinajstić information content (AvgIpc) is 3.32. The summed E-state index contributed by atoms with van der Waals surface area (Å²) in [7, 11) is 3.99. The number of aryl methyl sites for hydroxylation is 1. The molecule has 1 N–H and O–H groups in total. The van der Waals surface area contributed by atoms with Crippen LogP contribution in [0, 0.1) is 12.8 Å². The summed E-state index contributed by atoms with van der Waals surface area (Å²) < 4.78 is 11.6. The third kappa shape index (κ3) is 3.87. The van der Waals surface area contributed by atoms with Crippen LogP contribution in [0.5, 0.6) is 0 Å². The number of nitrogens with zero attached hydrogens (tertiary/aromatic N) is 3. The van der Waals surface area contributed by atoms with Crippen LogP contribution in [0.15, 0.2) is 6.20 Å². The van der Waals surface area contributed by atoms with E-state index in [1.165, 1.54) is 12.8 Å². The van der Waals surface area contributed by atoms with Crippen molar-refractivity contribution in [3.63, 3.8) is 0 Å². The minimum Gasteiger partial charge on any atom is -0.379 e. The number of aromatic nitrogens is 2. The quantitative estimate of drug-likeness (QED) is 0.865. The molecule has 1 saturated heterocycles. The average molecular weight is 306 g/mol. The normalized spacial score (nSPS) is 25.0. The van der Waals surface area contributed by atoms with Crippen molar-refractivity contribution >= 4 is 11.8 Å². The third-order valence-electron chi connectivity index (χ3n) is 4.23. The van der Waals surface area contributed by atoms with Gasteiger partial charge in [-0.05, 0) is 32.1 Å². The van der Waals surface area contributed by atoms with Gasteiger partial charge in [-0.15, -0.1) is 0 Å². The lowest BCUT2D eigenvalue weighted by Gasteiger charge is -2.32. The van der Waals surface area contributed by atoms with Crippen LogP contribution in [0.25, 0.3) is 0 Å². The predicted molar refractivity (Wildman–Crippen MR) is 86.4 cm³/mol. The van der Waals surface area contributed by atoms with Crippen LogP contribution in [-0.2, 0) is 9.47 Å². The first-order chi connectivity index (χ1) is 10.6. The first-order valence-electron chi connectivity index (χ1n) is 8.10. The van der Waals surface area contributed by atoms with Gasteiger partial charge < -0.3 is 19.7 Å². The van der Waals surface area contributed by atoms with E-state index in [4.69, 9.17) is 9.47 Å². The van der Waals surface area contributed by atoms with E-state index in [-0.39, 0.29) is 12.1 Å². The molecular formula is C16H26N4O2. The second-order valence-corrected chi connectivity index (χ2v) is 6.52. The van der Waals surface area contributed by atoms with Gasteiger partial charge in [0.2, 0.25) is 5.95 Å². The molecular weight excluding hydrogens is 280 g/mol. The lowest BCUT2D eigenvalue weighted by atomic mass is 10.1. The van der Waals surface area contributed by atoms with Crippen molar-refractivity contribution in [3.05, 3.63) is 11.8 Å². The molecule has 0 bridgehead atoms. The fourth-order valence-corrected chi connectivity index (χ4v) is 2.71. The molecule has 0 aromatic carbocycles. The summed E-state index contributed by atoms with van der Waals surface area (Å²) in [4.78, 5) is 11.0. The first kappa shape index (κ1) is 15.5. The van der Waals surface area contributed by atoms with Gasteiger partial charge in [-0.2, -0.15) is 4.98 Å². The van der Waals surface area contributed by atoms with Crippen LogP contribution in [0.4, 0.5) is 11.8 Å². The van der Waals surface area contributed by atoms with Crippen molar-refractivity contribution in [1.29, 1.82) is 0 Å². The molecule has 2 fully saturated rings. The van der Waals surface area contributed by atoms with E-state index >= 15 is 0 Å². The molecule has 2 aliphatic rings. The molecule has 1 aliphatic carbocycles. The van der Waals surface area contributed by atoms with Crippen molar-refractivity contribution in [1.82, 2.24) is 9.97 Å². The molecule has 22 heavy (non-hydrogen) atoms. The summed E-state index contributed by atoms with van der Waals surface area (Å²) in [6.07, 6.45) is 5.48. The van der Waals surface area contributed by atoms with E-state index in [9.17, 15) is 0 Å². The number of anilines is 2. The molecule has 122 valence electrons. The molecule has 6 nitrogen and oxygen atoms in total. The van der Waals surface area contributed by atoms with Gasteiger partial charge in [0.25, 0.3) is 0 Å². The zero-order valence-corrected chi connectivity index (χ0v) is 13.7. The highest BCUT2D eigenvalue weighted by Crippen LogP contribution is 2.30. The molecule has 2 heterocycles.